The third-order valence-corrected chi connectivity index (χ3v) is 3.07. The van der Waals surface area contributed by atoms with E-state index >= 15 is 0 Å². The zero-order valence-electron chi connectivity index (χ0n) is 11.7. The number of aromatic hydroxyl groups is 1. The number of nitrogens with zero attached hydrogens (tertiary/aromatic N) is 1. The number of carbonyl (C=O) groups excluding carboxylic acids is 1. The van der Waals surface area contributed by atoms with E-state index in [-0.39, 0.29) is 12.2 Å². The maximum Gasteiger partial charge on any atom is 0.306 e. The van der Waals surface area contributed by atoms with Gasteiger partial charge in [-0.1, -0.05) is 6.07 Å². The average molecular weight is 289 g/mol. The normalized spacial score (nSPS) is 11.9. The molecular weight excluding hydrogens is 274 g/mol. The Morgan fingerprint density at radius 1 is 1.52 bits per heavy atom. The van der Waals surface area contributed by atoms with Crippen LogP contribution in [0.4, 0.5) is 0 Å². The number of carbonyl (C=O) groups is 1. The Labute approximate surface area is 121 Å². The number of rotatable bonds is 4. The summed E-state index contributed by atoms with van der Waals surface area (Å²) in [5.41, 5.74) is 0.0967. The Morgan fingerprint density at radius 3 is 2.90 bits per heavy atom. The number of ether oxygens (including phenoxy) is 1. The van der Waals surface area contributed by atoms with Gasteiger partial charge in [-0.2, -0.15) is 0 Å². The molecule has 0 radical (unpaired) electrons. The summed E-state index contributed by atoms with van der Waals surface area (Å²) < 4.78 is 10.1. The summed E-state index contributed by atoms with van der Waals surface area (Å²) in [6, 6.07) is 4.63. The van der Waals surface area contributed by atoms with Crippen LogP contribution in [0.25, 0.3) is 0 Å². The average Bonchev–Trinajstić information content (AvgIpc) is 2.49. The summed E-state index contributed by atoms with van der Waals surface area (Å²) >= 11 is 0. The molecule has 21 heavy (non-hydrogen) atoms. The van der Waals surface area contributed by atoms with Gasteiger partial charge in [0.2, 0.25) is 11.2 Å². The van der Waals surface area contributed by atoms with Crippen molar-refractivity contribution in [2.24, 2.45) is 0 Å². The fourth-order valence-corrected chi connectivity index (χ4v) is 2.06. The lowest BCUT2D eigenvalue weighted by Gasteiger charge is -2.16. The Bertz CT molecular complexity index is 693. The third kappa shape index (κ3) is 3.28. The minimum absolute atomic E-state index is 0.0402. The first-order valence-electron chi connectivity index (χ1n) is 6.33. The van der Waals surface area contributed by atoms with Crippen molar-refractivity contribution in [2.75, 3.05) is 7.11 Å². The monoisotopic (exact) mass is 289 g/mol. The van der Waals surface area contributed by atoms with Gasteiger partial charge in [-0.15, -0.1) is 0 Å². The molecule has 0 amide bonds. The highest BCUT2D eigenvalue weighted by Crippen LogP contribution is 2.32. The number of esters is 1. The summed E-state index contributed by atoms with van der Waals surface area (Å²) in [7, 11) is 1.27. The molecule has 2 heterocycles. The molecule has 0 aromatic carbocycles. The molecule has 0 unspecified atom stereocenters. The summed E-state index contributed by atoms with van der Waals surface area (Å²) in [4.78, 5) is 27.3. The van der Waals surface area contributed by atoms with Crippen LogP contribution in [0.15, 0.2) is 39.8 Å². The first-order valence-corrected chi connectivity index (χ1v) is 6.33. The maximum absolute atomic E-state index is 11.7. The Morgan fingerprint density at radius 2 is 2.29 bits per heavy atom. The second-order valence-electron chi connectivity index (χ2n) is 4.55. The first kappa shape index (κ1) is 14.8. The highest BCUT2D eigenvalue weighted by molar-refractivity contribution is 5.71. The number of aromatic nitrogens is 1. The smallest absolute Gasteiger partial charge is 0.306 e. The van der Waals surface area contributed by atoms with Crippen LogP contribution >= 0.6 is 0 Å². The van der Waals surface area contributed by atoms with Crippen LogP contribution in [-0.4, -0.2) is 23.2 Å². The predicted octanol–water partition coefficient (Wildman–Crippen LogP) is 1.74. The highest BCUT2D eigenvalue weighted by Gasteiger charge is 2.26. The minimum Gasteiger partial charge on any atom is -0.502 e. The number of aryl methyl sites for hydroxylation is 1. The first-order chi connectivity index (χ1) is 10.0. The molecule has 0 aliphatic carbocycles. The third-order valence-electron chi connectivity index (χ3n) is 3.07. The van der Waals surface area contributed by atoms with E-state index in [9.17, 15) is 14.7 Å². The fourth-order valence-electron chi connectivity index (χ4n) is 2.06. The van der Waals surface area contributed by atoms with Crippen LogP contribution in [0.3, 0.4) is 0 Å². The lowest BCUT2D eigenvalue weighted by Crippen LogP contribution is -2.13. The molecule has 0 fully saturated rings. The van der Waals surface area contributed by atoms with Gasteiger partial charge in [0.25, 0.3) is 0 Å². The lowest BCUT2D eigenvalue weighted by molar-refractivity contribution is -0.140. The minimum atomic E-state index is -0.640. The summed E-state index contributed by atoms with van der Waals surface area (Å²) in [5, 5.41) is 9.96. The van der Waals surface area contributed by atoms with Gasteiger partial charge in [0, 0.05) is 18.5 Å². The van der Waals surface area contributed by atoms with Gasteiger partial charge in [-0.3, -0.25) is 14.6 Å². The molecule has 110 valence electrons. The van der Waals surface area contributed by atoms with Crippen molar-refractivity contribution in [3.63, 3.8) is 0 Å². The summed E-state index contributed by atoms with van der Waals surface area (Å²) in [6.07, 6.45) is 3.07. The van der Waals surface area contributed by atoms with Gasteiger partial charge in [0.1, 0.15) is 5.76 Å². The van der Waals surface area contributed by atoms with Gasteiger partial charge in [-0.05, 0) is 18.6 Å². The summed E-state index contributed by atoms with van der Waals surface area (Å²) in [5.74, 6) is -1.23. The lowest BCUT2D eigenvalue weighted by atomic mass is 9.93. The molecule has 0 aliphatic heterocycles. The van der Waals surface area contributed by atoms with Crippen molar-refractivity contribution in [1.29, 1.82) is 0 Å². The van der Waals surface area contributed by atoms with E-state index in [1.165, 1.54) is 13.2 Å². The molecular formula is C15H15NO5. The molecule has 0 saturated carbocycles. The van der Waals surface area contributed by atoms with Gasteiger partial charge in [0.15, 0.2) is 5.76 Å². The topological polar surface area (TPSA) is 89.6 Å². The molecule has 2 aromatic heterocycles. The Kier molecular flexibility index (Phi) is 4.37. The molecule has 0 bridgehead atoms. The molecule has 2 rings (SSSR count). The number of hydrogen-bond donors (Lipinski definition) is 1. The Hall–Kier alpha value is -2.63. The van der Waals surface area contributed by atoms with E-state index in [0.29, 0.717) is 11.3 Å². The van der Waals surface area contributed by atoms with E-state index in [0.717, 1.165) is 0 Å². The molecule has 0 spiro atoms. The highest BCUT2D eigenvalue weighted by atomic mass is 16.5. The number of pyridine rings is 1. The quantitative estimate of drug-likeness (QED) is 0.862. The molecule has 6 heteroatoms. The predicted molar refractivity (Wildman–Crippen MR) is 74.1 cm³/mol. The van der Waals surface area contributed by atoms with Gasteiger partial charge in [-0.25, -0.2) is 0 Å². The molecule has 2 aromatic rings. The van der Waals surface area contributed by atoms with E-state index in [4.69, 9.17) is 4.42 Å². The molecule has 1 N–H and O–H groups in total. The van der Waals surface area contributed by atoms with Crippen LogP contribution in [-0.2, 0) is 9.53 Å². The second-order valence-corrected chi connectivity index (χ2v) is 4.55. The maximum atomic E-state index is 11.7. The van der Waals surface area contributed by atoms with Gasteiger partial charge < -0.3 is 14.3 Å². The van der Waals surface area contributed by atoms with Crippen LogP contribution in [0.2, 0.25) is 0 Å². The Balaban J connectivity index is 2.55. The SMILES string of the molecule is COC(=O)C[C@@H](c1cccnc1)c1oc(C)cc(=O)c1O. The van der Waals surface area contributed by atoms with E-state index in [1.807, 2.05) is 0 Å². The largest absolute Gasteiger partial charge is 0.502 e. The number of hydrogen-bond acceptors (Lipinski definition) is 6. The fraction of sp³-hybridized carbons (Fsp3) is 0.267. The van der Waals surface area contributed by atoms with Crippen LogP contribution in [0, 0.1) is 6.92 Å². The standard InChI is InChI=1S/C15H15NO5/c1-9-6-12(17)14(19)15(21-9)11(7-13(18)20-2)10-4-3-5-16-8-10/h3-6,8,11,19H,7H2,1-2H3/t11-/m0/s1. The van der Waals surface area contributed by atoms with Gasteiger partial charge in [0.05, 0.1) is 19.4 Å². The van der Waals surface area contributed by atoms with Crippen molar-refractivity contribution in [2.45, 2.75) is 19.3 Å². The number of methoxy groups -OCH3 is 1. The van der Waals surface area contributed by atoms with E-state index < -0.39 is 23.1 Å². The van der Waals surface area contributed by atoms with Gasteiger partial charge >= 0.3 is 5.97 Å². The zero-order valence-corrected chi connectivity index (χ0v) is 11.7. The summed E-state index contributed by atoms with van der Waals surface area (Å²) in [6.45, 7) is 1.60. The van der Waals surface area contributed by atoms with Crippen molar-refractivity contribution < 1.29 is 19.1 Å². The molecule has 6 nitrogen and oxygen atoms in total. The van der Waals surface area contributed by atoms with Crippen molar-refractivity contribution >= 4 is 5.97 Å². The van der Waals surface area contributed by atoms with Crippen molar-refractivity contribution in [3.05, 3.63) is 57.9 Å². The van der Waals surface area contributed by atoms with Crippen LogP contribution < -0.4 is 5.43 Å². The molecule has 1 atom stereocenters. The second kappa shape index (κ2) is 6.21. The van der Waals surface area contributed by atoms with Crippen LogP contribution in [0.5, 0.6) is 5.75 Å². The van der Waals surface area contributed by atoms with Crippen molar-refractivity contribution in [3.8, 4) is 5.75 Å². The van der Waals surface area contributed by atoms with E-state index in [2.05, 4.69) is 9.72 Å². The van der Waals surface area contributed by atoms with E-state index in [1.54, 1.807) is 31.5 Å². The van der Waals surface area contributed by atoms with Crippen LogP contribution in [0.1, 0.15) is 29.4 Å². The molecule has 0 saturated heterocycles. The van der Waals surface area contributed by atoms with Crippen molar-refractivity contribution in [1.82, 2.24) is 4.98 Å². The zero-order chi connectivity index (χ0) is 15.4. The molecule has 0 aliphatic rings.